The summed E-state index contributed by atoms with van der Waals surface area (Å²) < 4.78 is 51.8. The van der Waals surface area contributed by atoms with Crippen molar-refractivity contribution in [2.45, 2.75) is 40.0 Å². The first kappa shape index (κ1) is 37.7. The summed E-state index contributed by atoms with van der Waals surface area (Å²) in [6.45, 7) is 10.8. The van der Waals surface area contributed by atoms with Crippen molar-refractivity contribution >= 4 is 42.1 Å². The second-order valence-corrected chi connectivity index (χ2v) is 11.0. The lowest BCUT2D eigenvalue weighted by Crippen LogP contribution is -2.37. The van der Waals surface area contributed by atoms with E-state index in [0.717, 1.165) is 19.3 Å². The third kappa shape index (κ3) is 14.0. The van der Waals surface area contributed by atoms with Gasteiger partial charge in [0, 0.05) is 38.0 Å². The molecule has 9 nitrogen and oxygen atoms in total. The highest BCUT2D eigenvalue weighted by atomic mass is 35.5. The highest BCUT2D eigenvalue weighted by molar-refractivity contribution is 6.42. The van der Waals surface area contributed by atoms with Crippen LogP contribution in [0.3, 0.4) is 0 Å². The molecule has 252 valence electrons. The van der Waals surface area contributed by atoms with Crippen LogP contribution in [0.2, 0.25) is 15.1 Å². The summed E-state index contributed by atoms with van der Waals surface area (Å²) >= 11 is 19.7. The largest absolute Gasteiger partial charge is 0.864 e. The standard InChI is InChI=1S/C33H42BCl3O9/c1-4-13-38-16-19-41-25-7-10-31(28(35)22-25)44-34(45-32-11-8-26(23-29(32)36)42-20-17-39-14-5-2)46-33-12-9-27(24-30(33)37)43-21-18-40-15-6-3/h7-12,22-24H,4-6,13-21H2,1-3H3. The number of hydrogen-bond acceptors (Lipinski definition) is 9. The van der Waals surface area contributed by atoms with E-state index in [1.165, 1.54) is 0 Å². The van der Waals surface area contributed by atoms with Crippen LogP contribution in [0, 0.1) is 0 Å². The van der Waals surface area contributed by atoms with Crippen molar-refractivity contribution in [1.29, 1.82) is 0 Å². The normalized spacial score (nSPS) is 10.8. The summed E-state index contributed by atoms with van der Waals surface area (Å²) in [4.78, 5) is 0. The van der Waals surface area contributed by atoms with Crippen LogP contribution in [0.5, 0.6) is 34.5 Å². The van der Waals surface area contributed by atoms with Crippen LogP contribution in [0.25, 0.3) is 0 Å². The molecule has 3 aromatic rings. The molecule has 0 unspecified atom stereocenters. The molecule has 0 bridgehead atoms. The van der Waals surface area contributed by atoms with E-state index in [0.29, 0.717) is 76.7 Å². The lowest BCUT2D eigenvalue weighted by atomic mass is 10.2. The minimum absolute atomic E-state index is 0.282. The van der Waals surface area contributed by atoms with Crippen LogP contribution >= 0.6 is 34.8 Å². The summed E-state index contributed by atoms with van der Waals surface area (Å²) in [5, 5.41) is 0.846. The van der Waals surface area contributed by atoms with E-state index in [4.69, 9.17) is 77.2 Å². The molecule has 0 saturated heterocycles. The fraction of sp³-hybridized carbons (Fsp3) is 0.455. The van der Waals surface area contributed by atoms with Gasteiger partial charge in [-0.3, -0.25) is 0 Å². The van der Waals surface area contributed by atoms with Gasteiger partial charge in [0.2, 0.25) is 0 Å². The van der Waals surface area contributed by atoms with Crippen molar-refractivity contribution in [1.82, 2.24) is 0 Å². The van der Waals surface area contributed by atoms with Crippen molar-refractivity contribution in [3.05, 3.63) is 69.7 Å². The Morgan fingerprint density at radius 1 is 0.435 bits per heavy atom. The van der Waals surface area contributed by atoms with Gasteiger partial charge in [-0.2, -0.15) is 0 Å². The fourth-order valence-corrected chi connectivity index (χ4v) is 4.42. The third-order valence-corrected chi connectivity index (χ3v) is 6.80. The molecular weight excluding hydrogens is 658 g/mol. The minimum Gasteiger partial charge on any atom is -0.491 e. The second-order valence-electron chi connectivity index (χ2n) is 9.80. The summed E-state index contributed by atoms with van der Waals surface area (Å²) in [7, 11) is -1.34. The molecule has 0 heterocycles. The highest BCUT2D eigenvalue weighted by Crippen LogP contribution is 2.34. The molecule has 3 rings (SSSR count). The Morgan fingerprint density at radius 2 is 0.739 bits per heavy atom. The first-order valence-electron chi connectivity index (χ1n) is 15.4. The van der Waals surface area contributed by atoms with Crippen molar-refractivity contribution in [3.8, 4) is 34.5 Å². The molecule has 0 saturated carbocycles. The van der Waals surface area contributed by atoms with Gasteiger partial charge in [-0.15, -0.1) is 0 Å². The smallest absolute Gasteiger partial charge is 0.491 e. The molecule has 46 heavy (non-hydrogen) atoms. The zero-order chi connectivity index (χ0) is 33.0. The average molecular weight is 700 g/mol. The second kappa shape index (κ2) is 22.0. The molecular formula is C33H42BCl3O9. The van der Waals surface area contributed by atoms with Gasteiger partial charge in [-0.25, -0.2) is 0 Å². The Morgan fingerprint density at radius 3 is 1.00 bits per heavy atom. The van der Waals surface area contributed by atoms with Gasteiger partial charge >= 0.3 is 7.32 Å². The molecule has 0 radical (unpaired) electrons. The van der Waals surface area contributed by atoms with E-state index in [1.807, 2.05) is 20.8 Å². The Balaban J connectivity index is 1.72. The van der Waals surface area contributed by atoms with Crippen molar-refractivity contribution in [2.75, 3.05) is 59.5 Å². The Labute approximate surface area is 287 Å². The van der Waals surface area contributed by atoms with Gasteiger partial charge < -0.3 is 42.4 Å². The highest BCUT2D eigenvalue weighted by Gasteiger charge is 2.33. The van der Waals surface area contributed by atoms with Gasteiger partial charge in [-0.1, -0.05) is 55.6 Å². The molecule has 13 heteroatoms. The van der Waals surface area contributed by atoms with Gasteiger partial charge in [0.1, 0.15) is 54.3 Å². The molecule has 0 atom stereocenters. The van der Waals surface area contributed by atoms with E-state index in [-0.39, 0.29) is 32.3 Å². The molecule has 0 N–H and O–H groups in total. The van der Waals surface area contributed by atoms with Crippen LogP contribution in [-0.2, 0) is 14.2 Å². The van der Waals surface area contributed by atoms with Crippen molar-refractivity contribution < 1.29 is 42.4 Å². The minimum atomic E-state index is -1.34. The number of hydrogen-bond donors (Lipinski definition) is 0. The van der Waals surface area contributed by atoms with E-state index in [9.17, 15) is 0 Å². The first-order chi connectivity index (χ1) is 22.4. The maximum absolute atomic E-state index is 6.55. The van der Waals surface area contributed by atoms with Crippen LogP contribution in [-0.4, -0.2) is 66.8 Å². The van der Waals surface area contributed by atoms with Gasteiger partial charge in [0.05, 0.1) is 34.9 Å². The van der Waals surface area contributed by atoms with Crippen LogP contribution in [0.1, 0.15) is 40.0 Å². The number of benzene rings is 3. The Hall–Kier alpha value is -2.73. The molecule has 0 spiro atoms. The first-order valence-corrected chi connectivity index (χ1v) is 16.6. The number of rotatable bonds is 24. The van der Waals surface area contributed by atoms with Crippen molar-refractivity contribution in [2.24, 2.45) is 0 Å². The average Bonchev–Trinajstić information content (AvgIpc) is 3.04. The summed E-state index contributed by atoms with van der Waals surface area (Å²) in [6, 6.07) is 15.1. The number of halogens is 3. The molecule has 0 aliphatic heterocycles. The maximum atomic E-state index is 6.55. The van der Waals surface area contributed by atoms with E-state index < -0.39 is 7.32 Å². The maximum Gasteiger partial charge on any atom is 0.864 e. The molecule has 0 fully saturated rings. The molecule has 0 aliphatic rings. The topological polar surface area (TPSA) is 83.1 Å². The predicted molar refractivity (Wildman–Crippen MR) is 182 cm³/mol. The third-order valence-electron chi connectivity index (χ3n) is 5.91. The summed E-state index contributed by atoms with van der Waals surface area (Å²) in [6.07, 6.45) is 2.83. The van der Waals surface area contributed by atoms with Gasteiger partial charge in [-0.05, 0) is 55.7 Å². The lowest BCUT2D eigenvalue weighted by Gasteiger charge is -2.19. The summed E-state index contributed by atoms with van der Waals surface area (Å²) in [5.41, 5.74) is 0. The number of ether oxygens (including phenoxy) is 6. The lowest BCUT2D eigenvalue weighted by molar-refractivity contribution is 0.101. The van der Waals surface area contributed by atoms with Crippen LogP contribution in [0.15, 0.2) is 54.6 Å². The quantitative estimate of drug-likeness (QED) is 0.0675. The molecule has 0 aliphatic carbocycles. The molecule has 0 amide bonds. The predicted octanol–water partition coefficient (Wildman–Crippen LogP) is 8.58. The van der Waals surface area contributed by atoms with E-state index in [2.05, 4.69) is 0 Å². The van der Waals surface area contributed by atoms with Gasteiger partial charge in [0.15, 0.2) is 0 Å². The van der Waals surface area contributed by atoms with Crippen molar-refractivity contribution in [3.63, 3.8) is 0 Å². The van der Waals surface area contributed by atoms with Crippen LogP contribution in [0.4, 0.5) is 0 Å². The zero-order valence-electron chi connectivity index (χ0n) is 26.6. The van der Waals surface area contributed by atoms with E-state index in [1.54, 1.807) is 54.6 Å². The monoisotopic (exact) mass is 698 g/mol. The zero-order valence-corrected chi connectivity index (χ0v) is 28.8. The fourth-order valence-electron chi connectivity index (χ4n) is 3.78. The summed E-state index contributed by atoms with van der Waals surface area (Å²) in [5.74, 6) is 2.54. The Kier molecular flexibility index (Phi) is 18.0. The van der Waals surface area contributed by atoms with Gasteiger partial charge in [0.25, 0.3) is 0 Å². The van der Waals surface area contributed by atoms with E-state index >= 15 is 0 Å². The molecule has 0 aromatic heterocycles. The SMILES string of the molecule is CCCOCCOc1ccc(OB(Oc2ccc(OCCOCCC)cc2Cl)Oc2ccc(OCCOCCC)cc2Cl)c(Cl)c1. The Bertz CT molecular complexity index is 1150. The van der Waals surface area contributed by atoms with Crippen LogP contribution < -0.4 is 28.2 Å². The molecule has 3 aromatic carbocycles.